The van der Waals surface area contributed by atoms with Crippen LogP contribution in [0, 0.1) is 12.7 Å². The maximum absolute atomic E-state index is 13.7. The first-order chi connectivity index (χ1) is 9.20. The van der Waals surface area contributed by atoms with Crippen molar-refractivity contribution in [3.63, 3.8) is 0 Å². The van der Waals surface area contributed by atoms with Crippen LogP contribution in [0.25, 0.3) is 0 Å². The van der Waals surface area contributed by atoms with Crippen molar-refractivity contribution >= 4 is 5.69 Å². The summed E-state index contributed by atoms with van der Waals surface area (Å²) in [4.78, 5) is 4.08. The molecule has 0 radical (unpaired) electrons. The van der Waals surface area contributed by atoms with E-state index in [-0.39, 0.29) is 11.6 Å². The molecule has 1 N–H and O–H groups in total. The molecule has 0 aliphatic carbocycles. The highest BCUT2D eigenvalue weighted by Crippen LogP contribution is 2.21. The monoisotopic (exact) mass is 260 g/mol. The van der Waals surface area contributed by atoms with E-state index in [1.807, 2.05) is 26.1 Å². The number of aryl methyl sites for hydroxylation is 1. The summed E-state index contributed by atoms with van der Waals surface area (Å²) in [7, 11) is 0. The number of halogens is 1. The molecule has 0 aliphatic heterocycles. The molecular formula is C15H17FN2O. The molecule has 2 aromatic rings. The van der Waals surface area contributed by atoms with Crippen LogP contribution in [0.1, 0.15) is 18.1 Å². The van der Waals surface area contributed by atoms with E-state index in [0.717, 1.165) is 16.8 Å². The van der Waals surface area contributed by atoms with Crippen LogP contribution in [0.5, 0.6) is 5.75 Å². The van der Waals surface area contributed by atoms with Gasteiger partial charge in [-0.1, -0.05) is 0 Å². The van der Waals surface area contributed by atoms with E-state index in [1.54, 1.807) is 18.3 Å². The van der Waals surface area contributed by atoms with Crippen molar-refractivity contribution in [2.75, 3.05) is 11.9 Å². The molecule has 0 amide bonds. The first-order valence-electron chi connectivity index (χ1n) is 6.26. The molecule has 0 aliphatic rings. The Hall–Kier alpha value is -2.10. The number of hydrogen-bond donors (Lipinski definition) is 1. The Bertz CT molecular complexity index is 558. The van der Waals surface area contributed by atoms with Crippen LogP contribution >= 0.6 is 0 Å². The van der Waals surface area contributed by atoms with Crippen LogP contribution in [0.2, 0.25) is 0 Å². The minimum Gasteiger partial charge on any atom is -0.491 e. The quantitative estimate of drug-likeness (QED) is 0.892. The third-order valence-electron chi connectivity index (χ3n) is 2.86. The van der Waals surface area contributed by atoms with Crippen molar-refractivity contribution in [1.29, 1.82) is 0 Å². The normalized spacial score (nSPS) is 10.3. The third kappa shape index (κ3) is 3.44. The molecule has 100 valence electrons. The highest BCUT2D eigenvalue weighted by molar-refractivity contribution is 5.47. The maximum atomic E-state index is 13.7. The summed E-state index contributed by atoms with van der Waals surface area (Å²) in [5.74, 6) is -0.0691. The van der Waals surface area contributed by atoms with Gasteiger partial charge in [0.1, 0.15) is 0 Å². The van der Waals surface area contributed by atoms with E-state index in [1.165, 1.54) is 6.07 Å². The van der Waals surface area contributed by atoms with E-state index in [2.05, 4.69) is 10.3 Å². The first kappa shape index (κ1) is 13.3. The van der Waals surface area contributed by atoms with Gasteiger partial charge in [0.05, 0.1) is 6.61 Å². The fourth-order valence-electron chi connectivity index (χ4n) is 1.76. The molecule has 3 nitrogen and oxygen atoms in total. The predicted molar refractivity (Wildman–Crippen MR) is 73.9 cm³/mol. The van der Waals surface area contributed by atoms with Gasteiger partial charge in [-0.3, -0.25) is 4.98 Å². The fraction of sp³-hybridized carbons (Fsp3) is 0.267. The second kappa shape index (κ2) is 6.18. The Balaban J connectivity index is 2.04. The smallest absolute Gasteiger partial charge is 0.167 e. The molecular weight excluding hydrogens is 243 g/mol. The highest BCUT2D eigenvalue weighted by atomic mass is 19.1. The largest absolute Gasteiger partial charge is 0.491 e. The van der Waals surface area contributed by atoms with Crippen molar-refractivity contribution in [3.8, 4) is 5.75 Å². The van der Waals surface area contributed by atoms with E-state index in [0.29, 0.717) is 13.2 Å². The summed E-state index contributed by atoms with van der Waals surface area (Å²) in [5, 5.41) is 3.18. The van der Waals surface area contributed by atoms with Gasteiger partial charge in [0, 0.05) is 30.7 Å². The van der Waals surface area contributed by atoms with Crippen molar-refractivity contribution in [3.05, 3.63) is 53.6 Å². The van der Waals surface area contributed by atoms with Crippen LogP contribution in [0.3, 0.4) is 0 Å². The second-order valence-electron chi connectivity index (χ2n) is 4.23. The number of benzene rings is 1. The van der Waals surface area contributed by atoms with Crippen LogP contribution in [-0.4, -0.2) is 11.6 Å². The lowest BCUT2D eigenvalue weighted by Crippen LogP contribution is -2.02. The summed E-state index contributed by atoms with van der Waals surface area (Å²) in [6.45, 7) is 4.93. The lowest BCUT2D eigenvalue weighted by atomic mass is 10.1. The van der Waals surface area contributed by atoms with Gasteiger partial charge >= 0.3 is 0 Å². The minimum atomic E-state index is -0.352. The number of aromatic nitrogens is 1. The molecule has 4 heteroatoms. The van der Waals surface area contributed by atoms with Gasteiger partial charge in [0.2, 0.25) is 0 Å². The molecule has 0 atom stereocenters. The van der Waals surface area contributed by atoms with Gasteiger partial charge < -0.3 is 10.1 Å². The molecule has 2 rings (SSSR count). The van der Waals surface area contributed by atoms with Crippen LogP contribution in [0.4, 0.5) is 10.1 Å². The molecule has 0 fully saturated rings. The van der Waals surface area contributed by atoms with Gasteiger partial charge in [-0.2, -0.15) is 0 Å². The van der Waals surface area contributed by atoms with Gasteiger partial charge in [-0.05, 0) is 43.2 Å². The van der Waals surface area contributed by atoms with E-state index < -0.39 is 0 Å². The van der Waals surface area contributed by atoms with Crippen molar-refractivity contribution in [1.82, 2.24) is 4.98 Å². The van der Waals surface area contributed by atoms with Crippen LogP contribution in [-0.2, 0) is 6.54 Å². The van der Waals surface area contributed by atoms with Crippen LogP contribution < -0.4 is 10.1 Å². The molecule has 0 bridgehead atoms. The molecule has 1 aromatic heterocycles. The lowest BCUT2D eigenvalue weighted by molar-refractivity contribution is 0.321. The number of nitrogens with zero attached hydrogens (tertiary/aromatic N) is 1. The van der Waals surface area contributed by atoms with Gasteiger partial charge in [-0.15, -0.1) is 0 Å². The highest BCUT2D eigenvalue weighted by Gasteiger charge is 2.04. The topological polar surface area (TPSA) is 34.1 Å². The van der Waals surface area contributed by atoms with E-state index in [4.69, 9.17) is 4.74 Å². The number of rotatable bonds is 5. The molecule has 19 heavy (non-hydrogen) atoms. The Morgan fingerprint density at radius 1 is 1.32 bits per heavy atom. The maximum Gasteiger partial charge on any atom is 0.167 e. The number of nitrogens with one attached hydrogen (secondary N) is 1. The minimum absolute atomic E-state index is 0.283. The first-order valence-corrected chi connectivity index (χ1v) is 6.26. The number of ether oxygens (including phenoxy) is 1. The lowest BCUT2D eigenvalue weighted by Gasteiger charge is -2.10. The van der Waals surface area contributed by atoms with Gasteiger partial charge in [-0.25, -0.2) is 4.39 Å². The molecule has 0 saturated heterocycles. The Morgan fingerprint density at radius 2 is 2.16 bits per heavy atom. The Morgan fingerprint density at radius 3 is 2.84 bits per heavy atom. The summed E-state index contributed by atoms with van der Waals surface area (Å²) in [5.41, 5.74) is 2.98. The average Bonchev–Trinajstić information content (AvgIpc) is 2.41. The summed E-state index contributed by atoms with van der Waals surface area (Å²) in [6.07, 6.45) is 3.57. The SMILES string of the molecule is CCOc1ccc(NCc2cnccc2C)cc1F. The van der Waals surface area contributed by atoms with Gasteiger partial charge in [0.15, 0.2) is 11.6 Å². The van der Waals surface area contributed by atoms with E-state index >= 15 is 0 Å². The predicted octanol–water partition coefficient (Wildman–Crippen LogP) is 3.54. The molecule has 0 spiro atoms. The molecule has 0 saturated carbocycles. The van der Waals surface area contributed by atoms with Crippen molar-refractivity contribution < 1.29 is 9.13 Å². The average molecular weight is 260 g/mol. The molecule has 1 heterocycles. The van der Waals surface area contributed by atoms with Crippen molar-refractivity contribution in [2.45, 2.75) is 20.4 Å². The number of anilines is 1. The zero-order valence-electron chi connectivity index (χ0n) is 11.1. The summed E-state index contributed by atoms with van der Waals surface area (Å²) in [6, 6.07) is 6.84. The third-order valence-corrected chi connectivity index (χ3v) is 2.86. The summed E-state index contributed by atoms with van der Waals surface area (Å²) < 4.78 is 18.8. The van der Waals surface area contributed by atoms with E-state index in [9.17, 15) is 4.39 Å². The second-order valence-corrected chi connectivity index (χ2v) is 4.23. The van der Waals surface area contributed by atoms with Gasteiger partial charge in [0.25, 0.3) is 0 Å². The Labute approximate surface area is 112 Å². The molecule has 1 aromatic carbocycles. The van der Waals surface area contributed by atoms with Crippen molar-refractivity contribution in [2.24, 2.45) is 0 Å². The zero-order chi connectivity index (χ0) is 13.7. The summed E-state index contributed by atoms with van der Waals surface area (Å²) >= 11 is 0. The molecule has 0 unspecified atom stereocenters. The number of hydrogen-bond acceptors (Lipinski definition) is 3. The standard InChI is InChI=1S/C15H17FN2O/c1-3-19-15-5-4-13(8-14(15)16)18-10-12-9-17-7-6-11(12)2/h4-9,18H,3,10H2,1-2H3. The Kier molecular flexibility index (Phi) is 4.34. The number of pyridine rings is 1. The zero-order valence-corrected chi connectivity index (χ0v) is 11.1. The van der Waals surface area contributed by atoms with Crippen LogP contribution in [0.15, 0.2) is 36.7 Å². The fourth-order valence-corrected chi connectivity index (χ4v) is 1.76.